The lowest BCUT2D eigenvalue weighted by Gasteiger charge is -2.47. The van der Waals surface area contributed by atoms with Gasteiger partial charge in [0.15, 0.2) is 0 Å². The van der Waals surface area contributed by atoms with Gasteiger partial charge in [-0.15, -0.1) is 0 Å². The Bertz CT molecular complexity index is 774. The van der Waals surface area contributed by atoms with Gasteiger partial charge in [0.1, 0.15) is 11.5 Å². The molecule has 2 saturated heterocycles. The number of carbonyl (C=O) groups is 1. The van der Waals surface area contributed by atoms with Crippen molar-refractivity contribution in [3.63, 3.8) is 0 Å². The van der Waals surface area contributed by atoms with Crippen molar-refractivity contribution in [3.05, 3.63) is 53.2 Å². The molecule has 0 radical (unpaired) electrons. The van der Waals surface area contributed by atoms with Gasteiger partial charge < -0.3 is 14.1 Å². The van der Waals surface area contributed by atoms with E-state index in [1.807, 2.05) is 37.1 Å². The Kier molecular flexibility index (Phi) is 4.78. The number of hydrogen-bond donors (Lipinski definition) is 0. The topological polar surface area (TPSA) is 58.8 Å². The second-order valence-electron chi connectivity index (χ2n) is 7.18. The molecule has 2 aliphatic heterocycles. The monoisotopic (exact) mass is 355 g/mol. The van der Waals surface area contributed by atoms with Crippen LogP contribution < -0.4 is 0 Å². The third-order valence-electron chi connectivity index (χ3n) is 5.37. The van der Waals surface area contributed by atoms with Crippen LogP contribution in [0.3, 0.4) is 0 Å². The van der Waals surface area contributed by atoms with Gasteiger partial charge in [0.25, 0.3) is 5.91 Å². The van der Waals surface area contributed by atoms with Gasteiger partial charge in [-0.25, -0.2) is 0 Å². The van der Waals surface area contributed by atoms with Crippen LogP contribution in [0.15, 0.2) is 35.0 Å². The number of hydrogen-bond acceptors (Lipinski definition) is 5. The van der Waals surface area contributed by atoms with Gasteiger partial charge in [-0.3, -0.25) is 14.7 Å². The molecule has 0 N–H and O–H groups in total. The van der Waals surface area contributed by atoms with Gasteiger partial charge in [0.05, 0.1) is 24.3 Å². The molecule has 1 amide bonds. The van der Waals surface area contributed by atoms with Gasteiger partial charge >= 0.3 is 0 Å². The quantitative estimate of drug-likeness (QED) is 0.846. The van der Waals surface area contributed by atoms with Crippen molar-refractivity contribution < 1.29 is 13.9 Å². The number of pyridine rings is 1. The van der Waals surface area contributed by atoms with Crippen LogP contribution in [-0.2, 0) is 11.3 Å². The smallest absolute Gasteiger partial charge is 0.257 e. The fraction of sp³-hybridized carbons (Fsp3) is 0.500. The molecule has 2 aromatic heterocycles. The van der Waals surface area contributed by atoms with E-state index in [-0.39, 0.29) is 18.1 Å². The van der Waals surface area contributed by atoms with E-state index >= 15 is 0 Å². The van der Waals surface area contributed by atoms with Crippen LogP contribution in [0.25, 0.3) is 0 Å². The molecule has 26 heavy (non-hydrogen) atoms. The molecule has 6 nitrogen and oxygen atoms in total. The fourth-order valence-corrected chi connectivity index (χ4v) is 4.06. The molecule has 2 aliphatic rings. The second-order valence-corrected chi connectivity index (χ2v) is 7.18. The summed E-state index contributed by atoms with van der Waals surface area (Å²) in [4.78, 5) is 21.6. The first-order valence-electron chi connectivity index (χ1n) is 9.22. The van der Waals surface area contributed by atoms with E-state index < -0.39 is 0 Å². The molecule has 4 heterocycles. The molecule has 0 bridgehead atoms. The Labute approximate surface area is 153 Å². The molecule has 0 saturated carbocycles. The minimum atomic E-state index is 0.0599. The van der Waals surface area contributed by atoms with Crippen LogP contribution in [0.2, 0.25) is 0 Å². The number of likely N-dealkylation sites (tertiary alicyclic amines) is 1. The zero-order valence-corrected chi connectivity index (χ0v) is 15.4. The van der Waals surface area contributed by atoms with E-state index in [0.29, 0.717) is 17.9 Å². The Morgan fingerprint density at radius 1 is 1.35 bits per heavy atom. The highest BCUT2D eigenvalue weighted by molar-refractivity contribution is 5.95. The minimum Gasteiger partial charge on any atom is -0.466 e. The summed E-state index contributed by atoms with van der Waals surface area (Å²) in [7, 11) is 0. The molecule has 2 atom stereocenters. The van der Waals surface area contributed by atoms with Crippen LogP contribution in [0.5, 0.6) is 0 Å². The Morgan fingerprint density at radius 3 is 2.96 bits per heavy atom. The molecule has 2 fully saturated rings. The van der Waals surface area contributed by atoms with E-state index in [1.54, 1.807) is 6.20 Å². The molecule has 0 aromatic carbocycles. The first-order chi connectivity index (χ1) is 12.6. The predicted molar refractivity (Wildman–Crippen MR) is 96.9 cm³/mol. The van der Waals surface area contributed by atoms with Crippen LogP contribution in [-0.4, -0.2) is 59.1 Å². The lowest BCUT2D eigenvalue weighted by molar-refractivity contribution is -0.101. The fourth-order valence-electron chi connectivity index (χ4n) is 4.06. The van der Waals surface area contributed by atoms with Crippen molar-refractivity contribution in [3.8, 4) is 0 Å². The van der Waals surface area contributed by atoms with E-state index in [4.69, 9.17) is 9.15 Å². The molecule has 138 valence electrons. The zero-order chi connectivity index (χ0) is 18.1. The summed E-state index contributed by atoms with van der Waals surface area (Å²) >= 11 is 0. The number of carbonyl (C=O) groups excluding carboxylic acids is 1. The maximum atomic E-state index is 13.0. The van der Waals surface area contributed by atoms with Crippen molar-refractivity contribution in [2.24, 2.45) is 0 Å². The van der Waals surface area contributed by atoms with E-state index in [0.717, 1.165) is 38.4 Å². The summed E-state index contributed by atoms with van der Waals surface area (Å²) < 4.78 is 11.5. The van der Waals surface area contributed by atoms with Crippen LogP contribution in [0, 0.1) is 13.8 Å². The molecule has 6 heteroatoms. The van der Waals surface area contributed by atoms with Crippen molar-refractivity contribution >= 4 is 5.91 Å². The standard InChI is InChI=1S/C20H25N3O3/c1-14-10-17(15(2)26-14)20(24)23-7-5-19-18(13-23)22(8-9-25-19)12-16-4-3-6-21-11-16/h3-4,6,10-11,18-19H,5,7-9,12-13H2,1-2H3/t18-,19-/m1/s1. The van der Waals surface area contributed by atoms with Gasteiger partial charge in [0, 0.05) is 38.6 Å². The number of amides is 1. The van der Waals surface area contributed by atoms with Crippen LogP contribution in [0.4, 0.5) is 0 Å². The average Bonchev–Trinajstić information content (AvgIpc) is 3.00. The summed E-state index contributed by atoms with van der Waals surface area (Å²) in [6.07, 6.45) is 4.77. The van der Waals surface area contributed by atoms with Gasteiger partial charge in [-0.2, -0.15) is 0 Å². The molecule has 0 aliphatic carbocycles. The minimum absolute atomic E-state index is 0.0599. The Morgan fingerprint density at radius 2 is 2.23 bits per heavy atom. The third kappa shape index (κ3) is 3.39. The highest BCUT2D eigenvalue weighted by Gasteiger charge is 2.39. The van der Waals surface area contributed by atoms with E-state index in [2.05, 4.69) is 16.0 Å². The maximum absolute atomic E-state index is 13.0. The van der Waals surface area contributed by atoms with E-state index in [9.17, 15) is 4.79 Å². The molecule has 0 unspecified atom stereocenters. The van der Waals surface area contributed by atoms with Crippen molar-refractivity contribution in [2.45, 2.75) is 39.0 Å². The number of morpholine rings is 1. The molecule has 0 spiro atoms. The molecular weight excluding hydrogens is 330 g/mol. The Hall–Kier alpha value is -2.18. The number of ether oxygens (including phenoxy) is 1. The number of nitrogens with zero attached hydrogens (tertiary/aromatic N) is 3. The first kappa shape index (κ1) is 17.2. The number of piperidine rings is 1. The summed E-state index contributed by atoms with van der Waals surface area (Å²) in [6.45, 7) is 7.60. The van der Waals surface area contributed by atoms with Crippen molar-refractivity contribution in [1.29, 1.82) is 0 Å². The van der Waals surface area contributed by atoms with Crippen LogP contribution >= 0.6 is 0 Å². The summed E-state index contributed by atoms with van der Waals surface area (Å²) in [5, 5.41) is 0. The zero-order valence-electron chi connectivity index (χ0n) is 15.4. The first-order valence-corrected chi connectivity index (χ1v) is 9.22. The summed E-state index contributed by atoms with van der Waals surface area (Å²) in [5.41, 5.74) is 1.87. The van der Waals surface area contributed by atoms with Crippen molar-refractivity contribution in [1.82, 2.24) is 14.8 Å². The van der Waals surface area contributed by atoms with Gasteiger partial charge in [-0.05, 0) is 38.0 Å². The van der Waals surface area contributed by atoms with E-state index in [1.165, 1.54) is 5.56 Å². The highest BCUT2D eigenvalue weighted by Crippen LogP contribution is 2.26. The highest BCUT2D eigenvalue weighted by atomic mass is 16.5. The molecule has 2 aromatic rings. The normalized spacial score (nSPS) is 23.7. The largest absolute Gasteiger partial charge is 0.466 e. The average molecular weight is 355 g/mol. The number of fused-ring (bicyclic) bond motifs is 1. The second kappa shape index (κ2) is 7.21. The van der Waals surface area contributed by atoms with Gasteiger partial charge in [-0.1, -0.05) is 6.07 Å². The number of furan rings is 1. The Balaban J connectivity index is 1.50. The maximum Gasteiger partial charge on any atom is 0.257 e. The SMILES string of the molecule is Cc1cc(C(=O)N2CC[C@H]3OCCN(Cc4cccnc4)[C@@H]3C2)c(C)o1. The summed E-state index contributed by atoms with van der Waals surface area (Å²) in [5.74, 6) is 1.53. The number of aryl methyl sites for hydroxylation is 2. The lowest BCUT2D eigenvalue weighted by atomic mass is 9.97. The predicted octanol–water partition coefficient (Wildman–Crippen LogP) is 2.41. The van der Waals surface area contributed by atoms with Crippen LogP contribution in [0.1, 0.15) is 33.9 Å². The third-order valence-corrected chi connectivity index (χ3v) is 5.37. The van der Waals surface area contributed by atoms with Gasteiger partial charge in [0.2, 0.25) is 0 Å². The number of aromatic nitrogens is 1. The molecular formula is C20H25N3O3. The molecule has 4 rings (SSSR count). The summed E-state index contributed by atoms with van der Waals surface area (Å²) in [6, 6.07) is 6.12. The lowest BCUT2D eigenvalue weighted by Crippen LogP contribution is -2.60. The number of rotatable bonds is 3. The van der Waals surface area contributed by atoms with Crippen molar-refractivity contribution in [2.75, 3.05) is 26.2 Å².